The summed E-state index contributed by atoms with van der Waals surface area (Å²) in [4.78, 5) is 15.9. The molecule has 2 aliphatic rings. The average Bonchev–Trinajstić information content (AvgIpc) is 3.33. The van der Waals surface area contributed by atoms with Gasteiger partial charge in [-0.3, -0.25) is 9.69 Å². The first kappa shape index (κ1) is 24.0. The van der Waals surface area contributed by atoms with E-state index >= 15 is 0 Å². The van der Waals surface area contributed by atoms with Crippen LogP contribution < -0.4 is 10.1 Å². The van der Waals surface area contributed by atoms with Crippen LogP contribution in [0.2, 0.25) is 0 Å². The van der Waals surface area contributed by atoms with Crippen molar-refractivity contribution >= 4 is 27.5 Å². The minimum absolute atomic E-state index is 0.0243. The highest BCUT2D eigenvalue weighted by Crippen LogP contribution is 2.35. The molecule has 0 aromatic heterocycles. The molecule has 0 bridgehead atoms. The molecule has 4 rings (SSSR count). The van der Waals surface area contributed by atoms with Crippen molar-refractivity contribution < 1.29 is 26.7 Å². The van der Waals surface area contributed by atoms with Gasteiger partial charge in [-0.2, -0.15) is 0 Å². The van der Waals surface area contributed by atoms with Gasteiger partial charge in [0, 0.05) is 34.8 Å². The SMILES string of the molecule is COc1ccc(S[C@@H]2C[C@@H](C(=O)NC3CCS(=O)(=O)C3)N(Cc3c(F)cccc3F)C2)cc1. The van der Waals surface area contributed by atoms with E-state index in [4.69, 9.17) is 4.74 Å². The Kier molecular flexibility index (Phi) is 7.25. The van der Waals surface area contributed by atoms with Gasteiger partial charge in [0.2, 0.25) is 5.91 Å². The fraction of sp³-hybridized carbons (Fsp3) is 0.435. The first-order valence-corrected chi connectivity index (χ1v) is 13.4. The quantitative estimate of drug-likeness (QED) is 0.635. The molecule has 1 unspecified atom stereocenters. The number of carbonyl (C=O) groups excluding carboxylic acids is 1. The van der Waals surface area contributed by atoms with Crippen molar-refractivity contribution in [2.24, 2.45) is 0 Å². The van der Waals surface area contributed by atoms with Crippen LogP contribution in [0.1, 0.15) is 18.4 Å². The summed E-state index contributed by atoms with van der Waals surface area (Å²) in [7, 11) is -1.54. The minimum atomic E-state index is -3.14. The van der Waals surface area contributed by atoms with E-state index in [9.17, 15) is 22.0 Å². The summed E-state index contributed by atoms with van der Waals surface area (Å²) in [5.74, 6) is -0.873. The molecule has 0 aliphatic carbocycles. The van der Waals surface area contributed by atoms with Crippen LogP contribution >= 0.6 is 11.8 Å². The number of carbonyl (C=O) groups is 1. The van der Waals surface area contributed by atoms with Crippen LogP contribution in [0.4, 0.5) is 8.78 Å². The largest absolute Gasteiger partial charge is 0.497 e. The number of hydrogen-bond acceptors (Lipinski definition) is 6. The number of rotatable bonds is 7. The van der Waals surface area contributed by atoms with Gasteiger partial charge >= 0.3 is 0 Å². The third kappa shape index (κ3) is 5.85. The lowest BCUT2D eigenvalue weighted by atomic mass is 10.1. The third-order valence-electron chi connectivity index (χ3n) is 6.03. The predicted octanol–water partition coefficient (Wildman–Crippen LogP) is 3.01. The summed E-state index contributed by atoms with van der Waals surface area (Å²) in [6.45, 7) is 0.421. The molecule has 2 aromatic carbocycles. The first-order valence-electron chi connectivity index (χ1n) is 10.7. The van der Waals surface area contributed by atoms with Gasteiger partial charge in [0.25, 0.3) is 0 Å². The van der Waals surface area contributed by atoms with E-state index in [-0.39, 0.29) is 34.8 Å². The van der Waals surface area contributed by atoms with Gasteiger partial charge in [-0.25, -0.2) is 17.2 Å². The maximum absolute atomic E-state index is 14.3. The number of ether oxygens (including phenoxy) is 1. The highest BCUT2D eigenvalue weighted by atomic mass is 32.2. The Labute approximate surface area is 196 Å². The van der Waals surface area contributed by atoms with Gasteiger partial charge in [-0.05, 0) is 49.2 Å². The topological polar surface area (TPSA) is 75.7 Å². The molecule has 10 heteroatoms. The third-order valence-corrected chi connectivity index (χ3v) is 9.02. The number of hydrogen-bond donors (Lipinski definition) is 1. The van der Waals surface area contributed by atoms with Gasteiger partial charge < -0.3 is 10.1 Å². The molecular weight excluding hydrogens is 470 g/mol. The van der Waals surface area contributed by atoms with Gasteiger partial charge in [-0.1, -0.05) is 6.07 Å². The summed E-state index contributed by atoms with van der Waals surface area (Å²) in [5, 5.41) is 2.87. The molecule has 1 N–H and O–H groups in total. The van der Waals surface area contributed by atoms with Crippen LogP contribution in [-0.4, -0.2) is 61.7 Å². The van der Waals surface area contributed by atoms with Crippen molar-refractivity contribution in [3.63, 3.8) is 0 Å². The van der Waals surface area contributed by atoms with Crippen LogP contribution in [0.5, 0.6) is 5.75 Å². The normalized spacial score (nSPS) is 24.6. The Morgan fingerprint density at radius 3 is 2.48 bits per heavy atom. The maximum atomic E-state index is 14.3. The molecule has 0 radical (unpaired) electrons. The molecule has 2 fully saturated rings. The van der Waals surface area contributed by atoms with Crippen LogP contribution in [0, 0.1) is 11.6 Å². The second-order valence-corrected chi connectivity index (χ2v) is 12.0. The highest BCUT2D eigenvalue weighted by Gasteiger charge is 2.39. The van der Waals surface area contributed by atoms with E-state index in [0.717, 1.165) is 10.6 Å². The van der Waals surface area contributed by atoms with Crippen LogP contribution in [-0.2, 0) is 21.2 Å². The Bertz CT molecular complexity index is 1090. The average molecular weight is 497 g/mol. The molecule has 2 aliphatic heterocycles. The van der Waals surface area contributed by atoms with Crippen molar-refractivity contribution in [2.45, 2.75) is 41.6 Å². The number of halogens is 2. The number of nitrogens with zero attached hydrogens (tertiary/aromatic N) is 1. The highest BCUT2D eigenvalue weighted by molar-refractivity contribution is 8.00. The molecule has 2 heterocycles. The van der Waals surface area contributed by atoms with Crippen molar-refractivity contribution in [1.82, 2.24) is 10.2 Å². The van der Waals surface area contributed by atoms with E-state index in [1.165, 1.54) is 18.2 Å². The van der Waals surface area contributed by atoms with Crippen LogP contribution in [0.15, 0.2) is 47.4 Å². The lowest BCUT2D eigenvalue weighted by Crippen LogP contribution is -2.47. The molecule has 0 saturated carbocycles. The summed E-state index contributed by atoms with van der Waals surface area (Å²) >= 11 is 1.60. The molecule has 0 spiro atoms. The van der Waals surface area contributed by atoms with Gasteiger partial charge in [0.05, 0.1) is 24.7 Å². The molecular formula is C23H26F2N2O4S2. The number of amides is 1. The van der Waals surface area contributed by atoms with Gasteiger partial charge in [0.15, 0.2) is 9.84 Å². The molecule has 6 nitrogen and oxygen atoms in total. The number of likely N-dealkylation sites (tertiary alicyclic amines) is 1. The predicted molar refractivity (Wildman–Crippen MR) is 123 cm³/mol. The second kappa shape index (κ2) is 9.99. The summed E-state index contributed by atoms with van der Waals surface area (Å²) in [6, 6.07) is 10.3. The Morgan fingerprint density at radius 1 is 1.18 bits per heavy atom. The fourth-order valence-electron chi connectivity index (χ4n) is 4.33. The van der Waals surface area contributed by atoms with Crippen molar-refractivity contribution in [2.75, 3.05) is 25.2 Å². The zero-order valence-corrected chi connectivity index (χ0v) is 19.8. The minimum Gasteiger partial charge on any atom is -0.497 e. The van der Waals surface area contributed by atoms with E-state index in [1.54, 1.807) is 23.8 Å². The number of sulfone groups is 1. The Morgan fingerprint density at radius 2 is 1.88 bits per heavy atom. The van der Waals surface area contributed by atoms with Gasteiger partial charge in [0.1, 0.15) is 17.4 Å². The number of methoxy groups -OCH3 is 1. The lowest BCUT2D eigenvalue weighted by Gasteiger charge is -2.25. The number of nitrogens with one attached hydrogen (secondary N) is 1. The molecule has 33 heavy (non-hydrogen) atoms. The van der Waals surface area contributed by atoms with E-state index in [0.29, 0.717) is 19.4 Å². The molecule has 3 atom stereocenters. The lowest BCUT2D eigenvalue weighted by molar-refractivity contribution is -0.126. The summed E-state index contributed by atoms with van der Waals surface area (Å²) in [6.07, 6.45) is 0.866. The van der Waals surface area contributed by atoms with Crippen molar-refractivity contribution in [3.05, 3.63) is 59.7 Å². The van der Waals surface area contributed by atoms with Crippen LogP contribution in [0.25, 0.3) is 0 Å². The molecule has 1 amide bonds. The standard InChI is InChI=1S/C23H26F2N2O4S2/c1-31-16-5-7-17(8-6-16)32-18-11-22(23(28)26-15-9-10-33(29,30)14-15)27(12-18)13-19-20(24)3-2-4-21(19)25/h2-8,15,18,22H,9-14H2,1H3,(H,26,28)/t15?,18-,22+/m1/s1. The number of thioether (sulfide) groups is 1. The number of benzene rings is 2. The van der Waals surface area contributed by atoms with Crippen LogP contribution in [0.3, 0.4) is 0 Å². The van der Waals surface area contributed by atoms with E-state index < -0.39 is 33.6 Å². The van der Waals surface area contributed by atoms with Gasteiger partial charge in [-0.15, -0.1) is 11.8 Å². The summed E-state index contributed by atoms with van der Waals surface area (Å²) in [5.41, 5.74) is -0.0751. The Hall–Kier alpha value is -2.17. The second-order valence-electron chi connectivity index (χ2n) is 8.41. The zero-order chi connectivity index (χ0) is 23.6. The first-order chi connectivity index (χ1) is 15.7. The summed E-state index contributed by atoms with van der Waals surface area (Å²) < 4.78 is 57.3. The molecule has 2 saturated heterocycles. The molecule has 178 valence electrons. The zero-order valence-electron chi connectivity index (χ0n) is 18.2. The van der Waals surface area contributed by atoms with E-state index in [1.807, 2.05) is 24.3 Å². The monoisotopic (exact) mass is 496 g/mol. The van der Waals surface area contributed by atoms with E-state index in [2.05, 4.69) is 5.32 Å². The Balaban J connectivity index is 1.50. The smallest absolute Gasteiger partial charge is 0.237 e. The van der Waals surface area contributed by atoms with Crippen molar-refractivity contribution in [1.29, 1.82) is 0 Å². The molecule has 2 aromatic rings. The maximum Gasteiger partial charge on any atom is 0.237 e. The fourth-order valence-corrected chi connectivity index (χ4v) is 7.23. The van der Waals surface area contributed by atoms with Crippen molar-refractivity contribution in [3.8, 4) is 5.75 Å².